The largest absolute Gasteiger partial charge is 0.496 e. The van der Waals surface area contributed by atoms with Gasteiger partial charge >= 0.3 is 0 Å². The van der Waals surface area contributed by atoms with Gasteiger partial charge in [0.2, 0.25) is 0 Å². The molecule has 110 valence electrons. The first kappa shape index (κ1) is 13.9. The van der Waals surface area contributed by atoms with Crippen molar-refractivity contribution in [1.29, 1.82) is 0 Å². The van der Waals surface area contributed by atoms with Gasteiger partial charge in [-0.2, -0.15) is 0 Å². The van der Waals surface area contributed by atoms with E-state index in [-0.39, 0.29) is 0 Å². The lowest BCUT2D eigenvalue weighted by molar-refractivity contribution is 0.361. The second-order valence-electron chi connectivity index (χ2n) is 6.45. The number of nitrogens with one attached hydrogen (secondary N) is 1. The zero-order valence-corrected chi connectivity index (χ0v) is 12.7. The number of hydrogen-bond acceptors (Lipinski definition) is 2. The van der Waals surface area contributed by atoms with E-state index >= 15 is 0 Å². The van der Waals surface area contributed by atoms with E-state index in [1.54, 1.807) is 12.7 Å². The quantitative estimate of drug-likeness (QED) is 0.898. The molecule has 20 heavy (non-hydrogen) atoms. The number of benzene rings is 1. The third kappa shape index (κ3) is 3.17. The summed E-state index contributed by atoms with van der Waals surface area (Å²) in [5, 5.41) is 3.45. The fraction of sp³-hybridized carbons (Fsp3) is 0.667. The first-order valence-electron chi connectivity index (χ1n) is 8.24. The summed E-state index contributed by atoms with van der Waals surface area (Å²) in [5.74, 6) is 2.71. The van der Waals surface area contributed by atoms with Gasteiger partial charge in [0.1, 0.15) is 5.75 Å². The summed E-state index contributed by atoms with van der Waals surface area (Å²) in [4.78, 5) is 0. The van der Waals surface area contributed by atoms with Crippen molar-refractivity contribution in [3.05, 3.63) is 29.3 Å². The maximum atomic E-state index is 5.59. The van der Waals surface area contributed by atoms with Crippen LogP contribution in [0.25, 0.3) is 0 Å². The molecule has 0 bridgehead atoms. The van der Waals surface area contributed by atoms with Crippen molar-refractivity contribution < 1.29 is 4.74 Å². The van der Waals surface area contributed by atoms with Gasteiger partial charge in [0.25, 0.3) is 0 Å². The lowest BCUT2D eigenvalue weighted by Crippen LogP contribution is -2.28. The average molecular weight is 273 g/mol. The first-order chi connectivity index (χ1) is 9.86. The minimum Gasteiger partial charge on any atom is -0.496 e. The minimum atomic E-state index is 0.799. The van der Waals surface area contributed by atoms with Crippen molar-refractivity contribution in [2.75, 3.05) is 20.2 Å². The Morgan fingerprint density at radius 1 is 1.10 bits per heavy atom. The van der Waals surface area contributed by atoms with E-state index in [0.717, 1.165) is 17.6 Å². The molecule has 0 amide bonds. The molecule has 0 spiro atoms. The number of ether oxygens (including phenoxy) is 1. The van der Waals surface area contributed by atoms with Crippen molar-refractivity contribution in [1.82, 2.24) is 5.32 Å². The van der Waals surface area contributed by atoms with Crippen LogP contribution in [0.5, 0.6) is 5.75 Å². The molecule has 1 aromatic carbocycles. The molecule has 1 aliphatic heterocycles. The Morgan fingerprint density at radius 3 is 2.55 bits per heavy atom. The summed E-state index contributed by atoms with van der Waals surface area (Å²) < 4.78 is 5.59. The standard InChI is InChI=1S/C18H27NO/c1-20-18-7-6-16(15-4-2-3-5-15)13-17(18)12-14-8-10-19-11-9-14/h6-7,13-15,19H,2-5,8-12H2,1H3. The molecule has 1 N–H and O–H groups in total. The molecular formula is C18H27NO. The topological polar surface area (TPSA) is 21.3 Å². The summed E-state index contributed by atoms with van der Waals surface area (Å²) >= 11 is 0. The van der Waals surface area contributed by atoms with Gasteiger partial charge in [-0.1, -0.05) is 25.0 Å². The van der Waals surface area contributed by atoms with Gasteiger partial charge in [-0.15, -0.1) is 0 Å². The molecule has 2 nitrogen and oxygen atoms in total. The van der Waals surface area contributed by atoms with Crippen LogP contribution in [0.2, 0.25) is 0 Å². The molecule has 0 atom stereocenters. The van der Waals surface area contributed by atoms with Gasteiger partial charge < -0.3 is 10.1 Å². The summed E-state index contributed by atoms with van der Waals surface area (Å²) in [6.45, 7) is 2.35. The molecule has 2 fully saturated rings. The Bertz CT molecular complexity index is 431. The van der Waals surface area contributed by atoms with Gasteiger partial charge in [0, 0.05) is 0 Å². The molecule has 0 unspecified atom stereocenters. The second-order valence-corrected chi connectivity index (χ2v) is 6.45. The third-order valence-corrected chi connectivity index (χ3v) is 5.10. The van der Waals surface area contributed by atoms with Crippen LogP contribution >= 0.6 is 0 Å². The van der Waals surface area contributed by atoms with Crippen LogP contribution in [0.4, 0.5) is 0 Å². The van der Waals surface area contributed by atoms with E-state index in [1.165, 1.54) is 63.6 Å². The smallest absolute Gasteiger partial charge is 0.122 e. The van der Waals surface area contributed by atoms with E-state index in [2.05, 4.69) is 23.5 Å². The monoisotopic (exact) mass is 273 g/mol. The normalized spacial score (nSPS) is 21.2. The predicted octanol–water partition coefficient (Wildman–Crippen LogP) is 3.89. The number of piperidine rings is 1. The van der Waals surface area contributed by atoms with Crippen molar-refractivity contribution in [2.45, 2.75) is 50.9 Å². The fourth-order valence-corrected chi connectivity index (χ4v) is 3.87. The minimum absolute atomic E-state index is 0.799. The molecule has 1 aliphatic carbocycles. The Balaban J connectivity index is 1.76. The van der Waals surface area contributed by atoms with Gasteiger partial charge in [-0.25, -0.2) is 0 Å². The lowest BCUT2D eigenvalue weighted by atomic mass is 9.88. The zero-order chi connectivity index (χ0) is 13.8. The third-order valence-electron chi connectivity index (χ3n) is 5.10. The van der Waals surface area contributed by atoms with Crippen LogP contribution in [0.15, 0.2) is 18.2 Å². The van der Waals surface area contributed by atoms with Crippen molar-refractivity contribution in [2.24, 2.45) is 5.92 Å². The number of rotatable bonds is 4. The van der Waals surface area contributed by atoms with Crippen LogP contribution in [0.3, 0.4) is 0 Å². The molecule has 1 aromatic rings. The van der Waals surface area contributed by atoms with Crippen molar-refractivity contribution >= 4 is 0 Å². The Morgan fingerprint density at radius 2 is 1.85 bits per heavy atom. The van der Waals surface area contributed by atoms with Gasteiger partial charge in [-0.3, -0.25) is 0 Å². The van der Waals surface area contributed by atoms with Crippen LogP contribution < -0.4 is 10.1 Å². The second kappa shape index (κ2) is 6.62. The van der Waals surface area contributed by atoms with E-state index in [1.807, 2.05) is 0 Å². The van der Waals surface area contributed by atoms with Crippen molar-refractivity contribution in [3.63, 3.8) is 0 Å². The highest BCUT2D eigenvalue weighted by molar-refractivity contribution is 5.39. The van der Waals surface area contributed by atoms with Crippen LogP contribution in [-0.4, -0.2) is 20.2 Å². The molecule has 0 aromatic heterocycles. The lowest BCUT2D eigenvalue weighted by Gasteiger charge is -2.24. The molecule has 2 aliphatic rings. The van der Waals surface area contributed by atoms with Crippen LogP contribution in [0.1, 0.15) is 55.6 Å². The van der Waals surface area contributed by atoms with E-state index in [4.69, 9.17) is 4.74 Å². The highest BCUT2D eigenvalue weighted by Crippen LogP contribution is 2.36. The molecule has 1 saturated heterocycles. The van der Waals surface area contributed by atoms with Crippen molar-refractivity contribution in [3.8, 4) is 5.75 Å². The van der Waals surface area contributed by atoms with E-state index < -0.39 is 0 Å². The first-order valence-corrected chi connectivity index (χ1v) is 8.24. The molecule has 3 rings (SSSR count). The molecule has 2 heteroatoms. The van der Waals surface area contributed by atoms with E-state index in [9.17, 15) is 0 Å². The van der Waals surface area contributed by atoms with E-state index in [0.29, 0.717) is 0 Å². The SMILES string of the molecule is COc1ccc(C2CCCC2)cc1CC1CCNCC1. The number of methoxy groups -OCH3 is 1. The Hall–Kier alpha value is -1.02. The Labute approximate surface area is 122 Å². The summed E-state index contributed by atoms with van der Waals surface area (Å²) in [6.07, 6.45) is 9.35. The molecular weight excluding hydrogens is 246 g/mol. The summed E-state index contributed by atoms with van der Waals surface area (Å²) in [5.41, 5.74) is 2.98. The highest BCUT2D eigenvalue weighted by atomic mass is 16.5. The molecule has 0 radical (unpaired) electrons. The van der Waals surface area contributed by atoms with Crippen LogP contribution in [0, 0.1) is 5.92 Å². The van der Waals surface area contributed by atoms with Crippen LogP contribution in [-0.2, 0) is 6.42 Å². The maximum Gasteiger partial charge on any atom is 0.122 e. The molecule has 1 saturated carbocycles. The van der Waals surface area contributed by atoms with Gasteiger partial charge in [0.15, 0.2) is 0 Å². The fourth-order valence-electron chi connectivity index (χ4n) is 3.87. The molecule has 1 heterocycles. The highest BCUT2D eigenvalue weighted by Gasteiger charge is 2.20. The number of hydrogen-bond donors (Lipinski definition) is 1. The summed E-state index contributed by atoms with van der Waals surface area (Å²) in [6, 6.07) is 6.93. The maximum absolute atomic E-state index is 5.59. The zero-order valence-electron chi connectivity index (χ0n) is 12.7. The van der Waals surface area contributed by atoms with Gasteiger partial charge in [-0.05, 0) is 74.2 Å². The summed E-state index contributed by atoms with van der Waals surface area (Å²) in [7, 11) is 1.80. The van der Waals surface area contributed by atoms with Gasteiger partial charge in [0.05, 0.1) is 7.11 Å². The average Bonchev–Trinajstić information content (AvgIpc) is 3.02. The predicted molar refractivity (Wildman–Crippen MR) is 83.5 cm³/mol. The Kier molecular flexibility index (Phi) is 4.62.